The number of rotatable bonds is 5. The molecule has 0 radical (unpaired) electrons. The fraction of sp³-hybridized carbons (Fsp3) is 0.286. The van der Waals surface area contributed by atoms with Crippen molar-refractivity contribution in [1.29, 1.82) is 0 Å². The molecule has 0 spiro atoms. The maximum atomic E-state index is 12.8. The summed E-state index contributed by atoms with van der Waals surface area (Å²) in [7, 11) is 0. The maximum Gasteiger partial charge on any atom is 0.226 e. The molecule has 2 N–H and O–H groups in total. The normalized spacial score (nSPS) is 19.1. The van der Waals surface area contributed by atoms with E-state index >= 15 is 0 Å². The molecule has 1 atom stereocenters. The van der Waals surface area contributed by atoms with Crippen molar-refractivity contribution in [2.45, 2.75) is 25.3 Å². The van der Waals surface area contributed by atoms with Crippen LogP contribution in [0.2, 0.25) is 0 Å². The molecule has 4 rings (SSSR count). The molecule has 1 aliphatic heterocycles. The lowest BCUT2D eigenvalue weighted by atomic mass is 9.88. The van der Waals surface area contributed by atoms with Crippen LogP contribution >= 0.6 is 0 Å². The van der Waals surface area contributed by atoms with Crippen LogP contribution in [0.3, 0.4) is 0 Å². The summed E-state index contributed by atoms with van der Waals surface area (Å²) in [5.41, 5.74) is 3.30. The number of carbonyl (C=O) groups is 1. The minimum Gasteiger partial charge on any atom is -0.345 e. The predicted octanol–water partition coefficient (Wildman–Crippen LogP) is 2.12. The summed E-state index contributed by atoms with van der Waals surface area (Å²) in [4.78, 5) is 12.8. The van der Waals surface area contributed by atoms with Crippen molar-refractivity contribution in [3.05, 3.63) is 77.6 Å². The summed E-state index contributed by atoms with van der Waals surface area (Å²) in [5, 5.41) is 15.1. The second kappa shape index (κ2) is 7.32. The van der Waals surface area contributed by atoms with Crippen molar-refractivity contribution in [1.82, 2.24) is 25.6 Å². The molecule has 1 fully saturated rings. The van der Waals surface area contributed by atoms with E-state index in [9.17, 15) is 4.79 Å². The van der Waals surface area contributed by atoms with Crippen LogP contribution < -0.4 is 10.6 Å². The van der Waals surface area contributed by atoms with Crippen LogP contribution in [0.4, 0.5) is 0 Å². The number of hydrogen-bond donors (Lipinski definition) is 2. The minimum absolute atomic E-state index is 0.0363. The Bertz CT molecular complexity index is 914. The first-order valence-electron chi connectivity index (χ1n) is 9.22. The van der Waals surface area contributed by atoms with Crippen LogP contribution in [-0.2, 0) is 16.8 Å². The highest BCUT2D eigenvalue weighted by Gasteiger charge is 2.37. The first-order chi connectivity index (χ1) is 13.2. The van der Waals surface area contributed by atoms with Crippen molar-refractivity contribution >= 4 is 5.91 Å². The van der Waals surface area contributed by atoms with Crippen LogP contribution in [-0.4, -0.2) is 34.0 Å². The summed E-state index contributed by atoms with van der Waals surface area (Å²) in [6, 6.07) is 20.0. The molecule has 27 heavy (non-hydrogen) atoms. The molecule has 0 bridgehead atoms. The number of carbonyl (C=O) groups excluding carboxylic acids is 1. The molecule has 3 aromatic rings. The fourth-order valence-corrected chi connectivity index (χ4v) is 3.68. The molecule has 2 heterocycles. The van der Waals surface area contributed by atoms with Gasteiger partial charge in [0.1, 0.15) is 0 Å². The predicted molar refractivity (Wildman–Crippen MR) is 104 cm³/mol. The van der Waals surface area contributed by atoms with Crippen LogP contribution in [0.1, 0.15) is 23.4 Å². The lowest BCUT2D eigenvalue weighted by molar-refractivity contribution is -0.122. The summed E-state index contributed by atoms with van der Waals surface area (Å²) < 4.78 is 1.77. The van der Waals surface area contributed by atoms with Crippen molar-refractivity contribution < 1.29 is 4.79 Å². The Morgan fingerprint density at radius 2 is 1.85 bits per heavy atom. The van der Waals surface area contributed by atoms with Gasteiger partial charge in [-0.1, -0.05) is 53.7 Å². The SMILES string of the molecule is Cc1c(CC(=O)NC2(c3ccccc3)CCNC2)nnn1-c1ccccc1. The number of hydrogen-bond acceptors (Lipinski definition) is 4. The summed E-state index contributed by atoms with van der Waals surface area (Å²) >= 11 is 0. The first-order valence-corrected chi connectivity index (χ1v) is 9.22. The Labute approximate surface area is 158 Å². The van der Waals surface area contributed by atoms with Gasteiger partial charge in [0.25, 0.3) is 0 Å². The van der Waals surface area contributed by atoms with E-state index in [1.54, 1.807) is 4.68 Å². The van der Waals surface area contributed by atoms with E-state index in [0.717, 1.165) is 36.5 Å². The van der Waals surface area contributed by atoms with Gasteiger partial charge in [0, 0.05) is 6.54 Å². The Hall–Kier alpha value is -2.99. The number of benzene rings is 2. The summed E-state index contributed by atoms with van der Waals surface area (Å²) in [6.45, 7) is 3.57. The molecule has 2 aromatic carbocycles. The van der Waals surface area contributed by atoms with E-state index in [1.807, 2.05) is 55.5 Å². The Balaban J connectivity index is 1.52. The van der Waals surface area contributed by atoms with Crippen LogP contribution in [0.5, 0.6) is 0 Å². The number of nitrogens with one attached hydrogen (secondary N) is 2. The minimum atomic E-state index is -0.359. The molecular weight excluding hydrogens is 338 g/mol. The Kier molecular flexibility index (Phi) is 4.73. The average Bonchev–Trinajstić information content (AvgIpc) is 3.31. The van der Waals surface area contributed by atoms with E-state index < -0.39 is 0 Å². The van der Waals surface area contributed by atoms with E-state index in [2.05, 4.69) is 33.1 Å². The molecule has 1 aromatic heterocycles. The van der Waals surface area contributed by atoms with Gasteiger partial charge in [-0.3, -0.25) is 4.79 Å². The topological polar surface area (TPSA) is 71.8 Å². The van der Waals surface area contributed by atoms with Gasteiger partial charge in [0.05, 0.1) is 29.0 Å². The third-order valence-corrected chi connectivity index (χ3v) is 5.18. The van der Waals surface area contributed by atoms with Gasteiger partial charge in [0.15, 0.2) is 0 Å². The van der Waals surface area contributed by atoms with Crippen molar-refractivity contribution in [3.63, 3.8) is 0 Å². The van der Waals surface area contributed by atoms with Gasteiger partial charge in [-0.2, -0.15) is 0 Å². The molecule has 0 aliphatic carbocycles. The van der Waals surface area contributed by atoms with Crippen LogP contribution in [0.15, 0.2) is 60.7 Å². The molecular formula is C21H23N5O. The van der Waals surface area contributed by atoms with Crippen LogP contribution in [0, 0.1) is 6.92 Å². The molecule has 138 valence electrons. The van der Waals surface area contributed by atoms with E-state index in [4.69, 9.17) is 0 Å². The third-order valence-electron chi connectivity index (χ3n) is 5.18. The molecule has 1 aliphatic rings. The largest absolute Gasteiger partial charge is 0.345 e. The zero-order valence-corrected chi connectivity index (χ0v) is 15.4. The number of nitrogens with zero attached hydrogens (tertiary/aromatic N) is 3. The molecule has 6 nitrogen and oxygen atoms in total. The van der Waals surface area contributed by atoms with Gasteiger partial charge in [-0.15, -0.1) is 5.10 Å². The molecule has 1 amide bonds. The quantitative estimate of drug-likeness (QED) is 0.730. The van der Waals surface area contributed by atoms with E-state index in [-0.39, 0.29) is 17.9 Å². The van der Waals surface area contributed by atoms with Crippen molar-refractivity contribution in [2.24, 2.45) is 0 Å². The smallest absolute Gasteiger partial charge is 0.226 e. The maximum absolute atomic E-state index is 12.8. The number of amides is 1. The standard InChI is InChI=1S/C21H23N5O/c1-16-19(24-25-26(16)18-10-6-3-7-11-18)14-20(27)23-21(12-13-22-15-21)17-8-4-2-5-9-17/h2-11,22H,12-15H2,1H3,(H,23,27). The Morgan fingerprint density at radius 3 is 2.52 bits per heavy atom. The average molecular weight is 361 g/mol. The summed E-state index contributed by atoms with van der Waals surface area (Å²) in [6.07, 6.45) is 1.09. The van der Waals surface area contributed by atoms with Gasteiger partial charge >= 0.3 is 0 Å². The monoisotopic (exact) mass is 361 g/mol. The Morgan fingerprint density at radius 1 is 1.15 bits per heavy atom. The van der Waals surface area contributed by atoms with Gasteiger partial charge in [-0.25, -0.2) is 4.68 Å². The second-order valence-corrected chi connectivity index (χ2v) is 6.97. The molecule has 0 saturated carbocycles. The molecule has 1 unspecified atom stereocenters. The van der Waals surface area contributed by atoms with Gasteiger partial charge in [0.2, 0.25) is 5.91 Å². The van der Waals surface area contributed by atoms with Gasteiger partial charge < -0.3 is 10.6 Å². The fourth-order valence-electron chi connectivity index (χ4n) is 3.68. The lowest BCUT2D eigenvalue weighted by Gasteiger charge is -2.30. The van der Waals surface area contributed by atoms with E-state index in [0.29, 0.717) is 5.69 Å². The van der Waals surface area contributed by atoms with Crippen molar-refractivity contribution in [2.75, 3.05) is 13.1 Å². The van der Waals surface area contributed by atoms with E-state index in [1.165, 1.54) is 0 Å². The third kappa shape index (κ3) is 3.48. The zero-order chi connectivity index (χ0) is 18.7. The highest BCUT2D eigenvalue weighted by molar-refractivity contribution is 5.79. The number of aromatic nitrogens is 3. The van der Waals surface area contributed by atoms with Crippen LogP contribution in [0.25, 0.3) is 5.69 Å². The molecule has 6 heteroatoms. The zero-order valence-electron chi connectivity index (χ0n) is 15.4. The highest BCUT2D eigenvalue weighted by Crippen LogP contribution is 2.28. The number of para-hydroxylation sites is 1. The first kappa shape index (κ1) is 17.4. The van der Waals surface area contributed by atoms with Gasteiger partial charge in [-0.05, 0) is 37.6 Å². The lowest BCUT2D eigenvalue weighted by Crippen LogP contribution is -2.48. The second-order valence-electron chi connectivity index (χ2n) is 6.97. The van der Waals surface area contributed by atoms with Crippen molar-refractivity contribution in [3.8, 4) is 5.69 Å². The molecule has 1 saturated heterocycles. The highest BCUT2D eigenvalue weighted by atomic mass is 16.1. The summed E-state index contributed by atoms with van der Waals surface area (Å²) in [5.74, 6) is -0.0363.